The SMILES string of the molecule is CS(=O)(=O)N(CC(=O)N/N=C\c1ccc(OCC(=O)Nc2ccccc2)cc1)c1ccc(Cl)c(Cl)c1. The fraction of sp³-hybridized carbons (Fsp3) is 0.125. The number of sulfonamides is 1. The van der Waals surface area contributed by atoms with Gasteiger partial charge in [0.2, 0.25) is 10.0 Å². The molecule has 0 saturated carbocycles. The molecule has 0 aliphatic rings. The third kappa shape index (κ3) is 8.26. The van der Waals surface area contributed by atoms with Crippen molar-refractivity contribution in [3.63, 3.8) is 0 Å². The van der Waals surface area contributed by atoms with E-state index in [0.29, 0.717) is 17.0 Å². The Labute approximate surface area is 218 Å². The van der Waals surface area contributed by atoms with Crippen molar-refractivity contribution in [1.29, 1.82) is 0 Å². The molecule has 2 amide bonds. The number of benzene rings is 3. The summed E-state index contributed by atoms with van der Waals surface area (Å²) >= 11 is 11.8. The molecule has 0 aliphatic heterocycles. The van der Waals surface area contributed by atoms with Gasteiger partial charge in [-0.25, -0.2) is 13.8 Å². The van der Waals surface area contributed by atoms with Crippen LogP contribution in [0.3, 0.4) is 0 Å². The van der Waals surface area contributed by atoms with Gasteiger partial charge in [-0.05, 0) is 60.2 Å². The lowest BCUT2D eigenvalue weighted by atomic mass is 10.2. The number of hydrazone groups is 1. The van der Waals surface area contributed by atoms with E-state index in [1.165, 1.54) is 24.4 Å². The Bertz CT molecular complexity index is 1350. The fourth-order valence-electron chi connectivity index (χ4n) is 2.90. The van der Waals surface area contributed by atoms with Crippen LogP contribution in [0.4, 0.5) is 11.4 Å². The molecule has 3 aromatic rings. The van der Waals surface area contributed by atoms with Gasteiger partial charge in [0, 0.05) is 5.69 Å². The number of carbonyl (C=O) groups is 2. The van der Waals surface area contributed by atoms with Crippen molar-refractivity contribution >= 4 is 62.6 Å². The molecule has 2 N–H and O–H groups in total. The maximum absolute atomic E-state index is 12.3. The molecule has 188 valence electrons. The van der Waals surface area contributed by atoms with Gasteiger partial charge in [0.05, 0.1) is 28.2 Å². The monoisotopic (exact) mass is 548 g/mol. The van der Waals surface area contributed by atoms with Crippen molar-refractivity contribution in [2.45, 2.75) is 0 Å². The van der Waals surface area contributed by atoms with Gasteiger partial charge < -0.3 is 10.1 Å². The lowest BCUT2D eigenvalue weighted by molar-refractivity contribution is -0.119. The summed E-state index contributed by atoms with van der Waals surface area (Å²) < 4.78 is 30.7. The summed E-state index contributed by atoms with van der Waals surface area (Å²) in [4.78, 5) is 24.3. The van der Waals surface area contributed by atoms with Gasteiger partial charge in [-0.3, -0.25) is 13.9 Å². The molecule has 3 aromatic carbocycles. The molecule has 0 radical (unpaired) electrons. The van der Waals surface area contributed by atoms with Crippen molar-refractivity contribution in [2.75, 3.05) is 29.0 Å². The van der Waals surface area contributed by atoms with Crippen LogP contribution in [0.5, 0.6) is 5.75 Å². The molecule has 12 heteroatoms. The molecule has 0 aliphatic carbocycles. The largest absolute Gasteiger partial charge is 0.484 e. The highest BCUT2D eigenvalue weighted by Gasteiger charge is 2.21. The molecule has 0 fully saturated rings. The van der Waals surface area contributed by atoms with E-state index in [1.54, 1.807) is 36.4 Å². The van der Waals surface area contributed by atoms with E-state index in [9.17, 15) is 18.0 Å². The van der Waals surface area contributed by atoms with Crippen LogP contribution < -0.4 is 19.8 Å². The first-order valence-electron chi connectivity index (χ1n) is 10.4. The molecule has 0 heterocycles. The number of rotatable bonds is 10. The second-order valence-electron chi connectivity index (χ2n) is 7.43. The number of para-hydroxylation sites is 1. The lowest BCUT2D eigenvalue weighted by Gasteiger charge is -2.21. The Balaban J connectivity index is 1.51. The van der Waals surface area contributed by atoms with E-state index in [1.807, 2.05) is 18.2 Å². The molecule has 3 rings (SSSR count). The Kier molecular flexibility index (Phi) is 9.29. The van der Waals surface area contributed by atoms with Crippen molar-refractivity contribution in [3.8, 4) is 5.75 Å². The first kappa shape index (κ1) is 27.0. The smallest absolute Gasteiger partial charge is 0.262 e. The number of amides is 2. The number of halogens is 2. The summed E-state index contributed by atoms with van der Waals surface area (Å²) in [5.41, 5.74) is 3.80. The van der Waals surface area contributed by atoms with Gasteiger partial charge in [-0.15, -0.1) is 0 Å². The van der Waals surface area contributed by atoms with Crippen molar-refractivity contribution in [2.24, 2.45) is 5.10 Å². The predicted molar refractivity (Wildman–Crippen MR) is 141 cm³/mol. The number of ether oxygens (including phenoxy) is 1. The number of hydrogen-bond donors (Lipinski definition) is 2. The third-order valence-electron chi connectivity index (χ3n) is 4.59. The maximum atomic E-state index is 12.3. The Morgan fingerprint density at radius 2 is 1.67 bits per heavy atom. The normalized spacial score (nSPS) is 11.2. The van der Waals surface area contributed by atoms with Crippen molar-refractivity contribution in [1.82, 2.24) is 5.43 Å². The molecule has 0 atom stereocenters. The van der Waals surface area contributed by atoms with Crippen LogP contribution >= 0.6 is 23.2 Å². The number of nitrogens with one attached hydrogen (secondary N) is 2. The first-order valence-corrected chi connectivity index (χ1v) is 13.0. The highest BCUT2D eigenvalue weighted by Crippen LogP contribution is 2.28. The van der Waals surface area contributed by atoms with Crippen LogP contribution in [0.1, 0.15) is 5.56 Å². The summed E-state index contributed by atoms with van der Waals surface area (Å²) in [5.74, 6) is -0.476. The van der Waals surface area contributed by atoms with Crippen LogP contribution in [-0.4, -0.2) is 45.9 Å². The third-order valence-corrected chi connectivity index (χ3v) is 6.47. The number of carbonyl (C=O) groups excluding carboxylic acids is 2. The van der Waals surface area contributed by atoms with E-state index in [-0.39, 0.29) is 28.2 Å². The molecule has 0 unspecified atom stereocenters. The van der Waals surface area contributed by atoms with E-state index < -0.39 is 22.5 Å². The zero-order valence-corrected chi connectivity index (χ0v) is 21.3. The molecule has 0 spiro atoms. The average molecular weight is 549 g/mol. The van der Waals surface area contributed by atoms with E-state index >= 15 is 0 Å². The van der Waals surface area contributed by atoms with E-state index in [4.69, 9.17) is 27.9 Å². The zero-order valence-electron chi connectivity index (χ0n) is 19.0. The Hall–Kier alpha value is -3.60. The van der Waals surface area contributed by atoms with Crippen LogP contribution in [0, 0.1) is 0 Å². The predicted octanol–water partition coefficient (Wildman–Crippen LogP) is 3.93. The zero-order chi connectivity index (χ0) is 26.1. The standard InChI is InChI=1S/C24H22Cl2N4O5S/c1-36(33,34)30(19-9-12-21(25)22(26)13-19)15-23(31)29-27-14-17-7-10-20(11-8-17)35-16-24(32)28-18-5-3-2-4-6-18/h2-14H,15-16H2,1H3,(H,28,32)(H,29,31)/b27-14-. The lowest BCUT2D eigenvalue weighted by Crippen LogP contribution is -2.39. The van der Waals surface area contributed by atoms with Crippen LogP contribution in [0.25, 0.3) is 0 Å². The summed E-state index contributed by atoms with van der Waals surface area (Å²) in [5, 5.41) is 6.99. The van der Waals surface area contributed by atoms with Gasteiger partial charge in [-0.1, -0.05) is 41.4 Å². The van der Waals surface area contributed by atoms with Gasteiger partial charge in [0.1, 0.15) is 12.3 Å². The van der Waals surface area contributed by atoms with Gasteiger partial charge in [0.25, 0.3) is 11.8 Å². The fourth-order valence-corrected chi connectivity index (χ4v) is 4.04. The molecule has 36 heavy (non-hydrogen) atoms. The minimum atomic E-state index is -3.78. The van der Waals surface area contributed by atoms with Crippen molar-refractivity contribution in [3.05, 3.63) is 88.4 Å². The quantitative estimate of drug-likeness (QED) is 0.294. The summed E-state index contributed by atoms with van der Waals surface area (Å²) in [7, 11) is -3.78. The number of hydrogen-bond acceptors (Lipinski definition) is 6. The van der Waals surface area contributed by atoms with E-state index in [0.717, 1.165) is 10.6 Å². The minimum absolute atomic E-state index is 0.158. The van der Waals surface area contributed by atoms with Crippen LogP contribution in [0.2, 0.25) is 10.0 Å². The van der Waals surface area contributed by atoms with Crippen molar-refractivity contribution < 1.29 is 22.7 Å². The van der Waals surface area contributed by atoms with Gasteiger partial charge in [0.15, 0.2) is 6.61 Å². The van der Waals surface area contributed by atoms with Crippen LogP contribution in [-0.2, 0) is 19.6 Å². The molecule has 0 saturated heterocycles. The van der Waals surface area contributed by atoms with Gasteiger partial charge >= 0.3 is 0 Å². The second-order valence-corrected chi connectivity index (χ2v) is 10.2. The molecule has 0 bridgehead atoms. The molecule has 0 aromatic heterocycles. The van der Waals surface area contributed by atoms with E-state index in [2.05, 4.69) is 15.8 Å². The number of anilines is 2. The van der Waals surface area contributed by atoms with Crippen LogP contribution in [0.15, 0.2) is 77.9 Å². The Morgan fingerprint density at radius 1 is 0.972 bits per heavy atom. The molecule has 9 nitrogen and oxygen atoms in total. The summed E-state index contributed by atoms with van der Waals surface area (Å²) in [6.45, 7) is -0.667. The van der Waals surface area contributed by atoms with Gasteiger partial charge in [-0.2, -0.15) is 5.10 Å². The molecular weight excluding hydrogens is 527 g/mol. The average Bonchev–Trinajstić information content (AvgIpc) is 2.84. The second kappa shape index (κ2) is 12.4. The first-order chi connectivity index (χ1) is 17.1. The topological polar surface area (TPSA) is 117 Å². The maximum Gasteiger partial charge on any atom is 0.262 e. The highest BCUT2D eigenvalue weighted by atomic mass is 35.5. The number of nitrogens with zero attached hydrogens (tertiary/aromatic N) is 2. The minimum Gasteiger partial charge on any atom is -0.484 e. The summed E-state index contributed by atoms with van der Waals surface area (Å²) in [6, 6.07) is 19.9. The Morgan fingerprint density at radius 3 is 2.31 bits per heavy atom. The highest BCUT2D eigenvalue weighted by molar-refractivity contribution is 7.92. The summed E-state index contributed by atoms with van der Waals surface area (Å²) in [6.07, 6.45) is 2.36. The molecular formula is C24H22Cl2N4O5S.